The fraction of sp³-hybridized carbons (Fsp3) is 0.435. The van der Waals surface area contributed by atoms with Gasteiger partial charge in [-0.15, -0.1) is 0 Å². The van der Waals surface area contributed by atoms with Crippen molar-refractivity contribution < 1.29 is 22.7 Å². The minimum absolute atomic E-state index is 0.219. The Labute approximate surface area is 168 Å². The number of halogens is 3. The molecule has 154 valence electrons. The third kappa shape index (κ3) is 4.74. The molecule has 2 aromatic rings. The summed E-state index contributed by atoms with van der Waals surface area (Å²) in [6.07, 6.45) is 1.85. The number of amides is 1. The van der Waals surface area contributed by atoms with Gasteiger partial charge in [0.25, 0.3) is 0 Å². The van der Waals surface area contributed by atoms with Gasteiger partial charge in [0, 0.05) is 19.5 Å². The van der Waals surface area contributed by atoms with Crippen molar-refractivity contribution >= 4 is 5.91 Å². The molecule has 2 aromatic carbocycles. The molecule has 6 heteroatoms. The Balaban J connectivity index is 1.42. The van der Waals surface area contributed by atoms with Crippen LogP contribution >= 0.6 is 0 Å². The number of nitrogens with zero attached hydrogens (tertiary/aromatic N) is 1. The smallest absolute Gasteiger partial charge is 0.416 e. The molecule has 0 bridgehead atoms. The van der Waals surface area contributed by atoms with Gasteiger partial charge in [0.05, 0.1) is 5.56 Å². The summed E-state index contributed by atoms with van der Waals surface area (Å²) in [6.45, 7) is 1.29. The summed E-state index contributed by atoms with van der Waals surface area (Å²) in [5.74, 6) is 1.66. The van der Waals surface area contributed by atoms with E-state index in [2.05, 4.69) is 0 Å². The van der Waals surface area contributed by atoms with E-state index in [4.69, 9.17) is 4.74 Å². The molecule has 1 aliphatic carbocycles. The normalized spacial score (nSPS) is 17.3. The van der Waals surface area contributed by atoms with Crippen LogP contribution in [0.15, 0.2) is 42.5 Å². The van der Waals surface area contributed by atoms with Gasteiger partial charge in [-0.05, 0) is 72.7 Å². The first kappa shape index (κ1) is 19.8. The first-order valence-corrected chi connectivity index (χ1v) is 10.1. The van der Waals surface area contributed by atoms with Crippen LogP contribution in [-0.2, 0) is 23.9 Å². The molecule has 0 N–H and O–H groups in total. The van der Waals surface area contributed by atoms with Crippen molar-refractivity contribution in [2.24, 2.45) is 5.92 Å². The van der Waals surface area contributed by atoms with Crippen LogP contribution in [-0.4, -0.2) is 17.4 Å². The summed E-state index contributed by atoms with van der Waals surface area (Å²) in [4.78, 5) is 14.6. The highest BCUT2D eigenvalue weighted by Gasteiger charge is 2.30. The lowest BCUT2D eigenvalue weighted by Crippen LogP contribution is -2.36. The summed E-state index contributed by atoms with van der Waals surface area (Å²) in [6, 6.07) is 10.4. The average molecular weight is 403 g/mol. The maximum atomic E-state index is 12.7. The van der Waals surface area contributed by atoms with Gasteiger partial charge in [0.15, 0.2) is 0 Å². The van der Waals surface area contributed by atoms with E-state index in [-0.39, 0.29) is 5.91 Å². The topological polar surface area (TPSA) is 29.5 Å². The lowest BCUT2D eigenvalue weighted by Gasteiger charge is -2.30. The second kappa shape index (κ2) is 8.09. The highest BCUT2D eigenvalue weighted by molar-refractivity contribution is 5.76. The van der Waals surface area contributed by atoms with E-state index in [0.717, 1.165) is 43.5 Å². The Bertz CT molecular complexity index is 871. The van der Waals surface area contributed by atoms with Crippen molar-refractivity contribution in [1.29, 1.82) is 0 Å². The number of benzene rings is 2. The van der Waals surface area contributed by atoms with Crippen molar-refractivity contribution in [2.75, 3.05) is 6.54 Å². The number of carbonyl (C=O) groups is 1. The van der Waals surface area contributed by atoms with Crippen molar-refractivity contribution in [2.45, 2.75) is 51.2 Å². The predicted molar refractivity (Wildman–Crippen MR) is 104 cm³/mol. The first-order chi connectivity index (χ1) is 13.9. The molecule has 0 saturated heterocycles. The van der Waals surface area contributed by atoms with E-state index in [1.165, 1.54) is 30.5 Å². The van der Waals surface area contributed by atoms with Crippen LogP contribution in [0.5, 0.6) is 11.5 Å². The van der Waals surface area contributed by atoms with Gasteiger partial charge in [-0.1, -0.05) is 18.9 Å². The van der Waals surface area contributed by atoms with Crippen molar-refractivity contribution in [3.63, 3.8) is 0 Å². The highest BCUT2D eigenvalue weighted by Crippen LogP contribution is 2.33. The molecule has 1 aliphatic heterocycles. The van der Waals surface area contributed by atoms with Gasteiger partial charge in [-0.3, -0.25) is 4.79 Å². The number of fused-ring (bicyclic) bond motifs is 1. The monoisotopic (exact) mass is 403 g/mol. The minimum atomic E-state index is -4.36. The Morgan fingerprint density at radius 1 is 1.00 bits per heavy atom. The van der Waals surface area contributed by atoms with E-state index in [1.54, 1.807) is 0 Å². The third-order valence-corrected chi connectivity index (χ3v) is 5.90. The lowest BCUT2D eigenvalue weighted by molar-refractivity contribution is -0.137. The zero-order valence-electron chi connectivity index (χ0n) is 16.2. The van der Waals surface area contributed by atoms with E-state index in [0.29, 0.717) is 30.4 Å². The van der Waals surface area contributed by atoms with E-state index in [9.17, 15) is 18.0 Å². The maximum Gasteiger partial charge on any atom is 0.416 e. The standard InChI is InChI=1S/C23H24F3NO2/c24-23(25,26)19-6-9-20(10-7-19)29-21-8-5-17-11-12-27(15-18(17)14-21)22(28)13-16-3-1-2-4-16/h5-10,14,16H,1-4,11-13,15H2. The van der Waals surface area contributed by atoms with Crippen LogP contribution in [0.3, 0.4) is 0 Å². The summed E-state index contributed by atoms with van der Waals surface area (Å²) >= 11 is 0. The molecule has 1 saturated carbocycles. The SMILES string of the molecule is O=C(CC1CCCC1)N1CCc2ccc(Oc3ccc(C(F)(F)F)cc3)cc2C1. The molecule has 0 radical (unpaired) electrons. The van der Waals surface area contributed by atoms with Crippen LogP contribution < -0.4 is 4.74 Å². The Kier molecular flexibility index (Phi) is 5.52. The van der Waals surface area contributed by atoms with E-state index < -0.39 is 11.7 Å². The van der Waals surface area contributed by atoms with Gasteiger partial charge >= 0.3 is 6.18 Å². The fourth-order valence-electron chi connectivity index (χ4n) is 4.25. The Morgan fingerprint density at radius 3 is 2.38 bits per heavy atom. The molecule has 3 nitrogen and oxygen atoms in total. The van der Waals surface area contributed by atoms with Gasteiger partial charge in [-0.2, -0.15) is 13.2 Å². The number of carbonyl (C=O) groups excluding carboxylic acids is 1. The van der Waals surface area contributed by atoms with Crippen LogP contribution in [0.1, 0.15) is 48.8 Å². The summed E-state index contributed by atoms with van der Waals surface area (Å²) in [5.41, 5.74) is 1.53. The van der Waals surface area contributed by atoms with Gasteiger partial charge in [0.1, 0.15) is 11.5 Å². The largest absolute Gasteiger partial charge is 0.457 e. The number of alkyl halides is 3. The van der Waals surface area contributed by atoms with E-state index >= 15 is 0 Å². The maximum absolute atomic E-state index is 12.7. The average Bonchev–Trinajstić information content (AvgIpc) is 3.20. The zero-order valence-corrected chi connectivity index (χ0v) is 16.2. The number of rotatable bonds is 4. The van der Waals surface area contributed by atoms with Crippen LogP contribution in [0.2, 0.25) is 0 Å². The second-order valence-corrected chi connectivity index (χ2v) is 7.97. The zero-order chi connectivity index (χ0) is 20.4. The van der Waals surface area contributed by atoms with Crippen LogP contribution in [0.25, 0.3) is 0 Å². The van der Waals surface area contributed by atoms with Crippen molar-refractivity contribution in [3.8, 4) is 11.5 Å². The number of ether oxygens (including phenoxy) is 1. The van der Waals surface area contributed by atoms with Crippen molar-refractivity contribution in [1.82, 2.24) is 4.90 Å². The molecule has 0 spiro atoms. The van der Waals surface area contributed by atoms with Gasteiger partial charge in [0.2, 0.25) is 5.91 Å². The molecule has 4 rings (SSSR count). The summed E-state index contributed by atoms with van der Waals surface area (Å²) < 4.78 is 43.8. The van der Waals surface area contributed by atoms with Crippen LogP contribution in [0, 0.1) is 5.92 Å². The molecule has 2 aliphatic rings. The number of hydrogen-bond acceptors (Lipinski definition) is 2. The number of hydrogen-bond donors (Lipinski definition) is 0. The second-order valence-electron chi connectivity index (χ2n) is 7.97. The quantitative estimate of drug-likeness (QED) is 0.630. The van der Waals surface area contributed by atoms with Gasteiger partial charge in [-0.25, -0.2) is 0 Å². The molecule has 29 heavy (non-hydrogen) atoms. The van der Waals surface area contributed by atoms with Gasteiger partial charge < -0.3 is 9.64 Å². The predicted octanol–water partition coefficient (Wildman–Crippen LogP) is 5.96. The molecule has 1 heterocycles. The lowest BCUT2D eigenvalue weighted by atomic mass is 9.97. The Hall–Kier alpha value is -2.50. The highest BCUT2D eigenvalue weighted by atomic mass is 19.4. The molecule has 1 fully saturated rings. The minimum Gasteiger partial charge on any atom is -0.457 e. The first-order valence-electron chi connectivity index (χ1n) is 10.1. The van der Waals surface area contributed by atoms with Crippen molar-refractivity contribution in [3.05, 3.63) is 59.2 Å². The molecule has 0 atom stereocenters. The fourth-order valence-corrected chi connectivity index (χ4v) is 4.25. The summed E-state index contributed by atoms with van der Waals surface area (Å²) in [5, 5.41) is 0. The molecular weight excluding hydrogens is 379 g/mol. The van der Waals surface area contributed by atoms with Crippen LogP contribution in [0.4, 0.5) is 13.2 Å². The van der Waals surface area contributed by atoms with E-state index in [1.807, 2.05) is 23.1 Å². The molecule has 0 aromatic heterocycles. The molecular formula is C23H24F3NO2. The molecule has 0 unspecified atom stereocenters. The molecule has 1 amide bonds. The summed E-state index contributed by atoms with van der Waals surface area (Å²) in [7, 11) is 0. The third-order valence-electron chi connectivity index (χ3n) is 5.90. The Morgan fingerprint density at radius 2 is 1.69 bits per heavy atom.